The molecular formula is C16H18N2O2. The van der Waals surface area contributed by atoms with Gasteiger partial charge in [-0.2, -0.15) is 0 Å². The molecular weight excluding hydrogens is 252 g/mol. The molecule has 4 heteroatoms. The van der Waals surface area contributed by atoms with Crippen molar-refractivity contribution < 1.29 is 9.47 Å². The highest BCUT2D eigenvalue weighted by Gasteiger charge is 2.23. The predicted molar refractivity (Wildman–Crippen MR) is 77.9 cm³/mol. The molecule has 4 nitrogen and oxygen atoms in total. The van der Waals surface area contributed by atoms with Gasteiger partial charge in [0.15, 0.2) is 6.79 Å². The van der Waals surface area contributed by atoms with Crippen LogP contribution in [0, 0.1) is 0 Å². The summed E-state index contributed by atoms with van der Waals surface area (Å²) in [5.41, 5.74) is 1.20. The van der Waals surface area contributed by atoms with Crippen LogP contribution < -0.4 is 9.64 Å². The molecule has 104 valence electrons. The summed E-state index contributed by atoms with van der Waals surface area (Å²) in [6, 6.07) is 13.8. The van der Waals surface area contributed by atoms with Crippen molar-refractivity contribution in [2.75, 3.05) is 24.8 Å². The van der Waals surface area contributed by atoms with Crippen molar-refractivity contribution in [2.45, 2.75) is 12.5 Å². The maximum Gasteiger partial charge on any atom is 0.189 e. The zero-order valence-corrected chi connectivity index (χ0v) is 11.3. The van der Waals surface area contributed by atoms with Crippen molar-refractivity contribution in [3.05, 3.63) is 54.9 Å². The van der Waals surface area contributed by atoms with Crippen LogP contribution in [-0.2, 0) is 4.74 Å². The van der Waals surface area contributed by atoms with E-state index in [9.17, 15) is 0 Å². The Balaban J connectivity index is 1.44. The molecule has 1 aliphatic rings. The highest BCUT2D eigenvalue weighted by atomic mass is 16.7. The molecule has 0 spiro atoms. The summed E-state index contributed by atoms with van der Waals surface area (Å²) in [4.78, 5) is 6.36. The maximum atomic E-state index is 5.78. The molecule has 1 atom stereocenters. The first kappa shape index (κ1) is 12.9. The van der Waals surface area contributed by atoms with Gasteiger partial charge >= 0.3 is 0 Å². The second-order valence-corrected chi connectivity index (χ2v) is 4.80. The van der Waals surface area contributed by atoms with E-state index in [-0.39, 0.29) is 6.10 Å². The van der Waals surface area contributed by atoms with Gasteiger partial charge in [0, 0.05) is 31.2 Å². The lowest BCUT2D eigenvalue weighted by molar-refractivity contribution is -0.0263. The third-order valence-electron chi connectivity index (χ3n) is 3.45. The molecule has 2 aromatic rings. The number of aromatic nitrogens is 1. The molecule has 1 aromatic carbocycles. The first-order valence-electron chi connectivity index (χ1n) is 6.86. The number of hydrogen-bond donors (Lipinski definition) is 0. The normalized spacial score (nSPS) is 18.2. The molecule has 0 radical (unpaired) electrons. The lowest BCUT2D eigenvalue weighted by Gasteiger charge is -2.18. The van der Waals surface area contributed by atoms with Crippen LogP contribution >= 0.6 is 0 Å². The molecule has 20 heavy (non-hydrogen) atoms. The van der Waals surface area contributed by atoms with Crippen molar-refractivity contribution in [3.63, 3.8) is 0 Å². The van der Waals surface area contributed by atoms with Crippen molar-refractivity contribution in [3.8, 4) is 5.75 Å². The Morgan fingerprint density at radius 3 is 2.70 bits per heavy atom. The fraction of sp³-hybridized carbons (Fsp3) is 0.312. The Labute approximate surface area is 119 Å². The maximum absolute atomic E-state index is 5.78. The lowest BCUT2D eigenvalue weighted by atomic mass is 10.3. The van der Waals surface area contributed by atoms with Crippen LogP contribution in [0.15, 0.2) is 54.9 Å². The average Bonchev–Trinajstić information content (AvgIpc) is 2.98. The first-order chi connectivity index (χ1) is 9.92. The Morgan fingerprint density at radius 2 is 1.90 bits per heavy atom. The topological polar surface area (TPSA) is 34.6 Å². The summed E-state index contributed by atoms with van der Waals surface area (Å²) in [5.74, 6) is 0.844. The van der Waals surface area contributed by atoms with Crippen molar-refractivity contribution in [1.82, 2.24) is 4.98 Å². The smallest absolute Gasteiger partial charge is 0.189 e. The summed E-state index contributed by atoms with van der Waals surface area (Å²) >= 11 is 0. The van der Waals surface area contributed by atoms with Crippen LogP contribution in [0.3, 0.4) is 0 Å². The van der Waals surface area contributed by atoms with Crippen LogP contribution in [0.2, 0.25) is 0 Å². The SMILES string of the molecule is c1ccc(OCOC2CCN(c3ccncc3)C2)cc1. The highest BCUT2D eigenvalue weighted by Crippen LogP contribution is 2.21. The van der Waals surface area contributed by atoms with E-state index in [2.05, 4.69) is 9.88 Å². The third-order valence-corrected chi connectivity index (χ3v) is 3.45. The number of pyridine rings is 1. The van der Waals surface area contributed by atoms with E-state index in [4.69, 9.17) is 9.47 Å². The van der Waals surface area contributed by atoms with Gasteiger partial charge in [-0.15, -0.1) is 0 Å². The fourth-order valence-corrected chi connectivity index (χ4v) is 2.37. The minimum Gasteiger partial charge on any atom is -0.468 e. The van der Waals surface area contributed by atoms with Gasteiger partial charge in [-0.3, -0.25) is 4.98 Å². The van der Waals surface area contributed by atoms with E-state index in [0.29, 0.717) is 6.79 Å². The minimum atomic E-state index is 0.229. The molecule has 0 amide bonds. The number of para-hydroxylation sites is 1. The van der Waals surface area contributed by atoms with Crippen molar-refractivity contribution in [2.24, 2.45) is 0 Å². The van der Waals surface area contributed by atoms with Crippen LogP contribution in [0.25, 0.3) is 0 Å². The van der Waals surface area contributed by atoms with E-state index in [1.165, 1.54) is 5.69 Å². The zero-order chi connectivity index (χ0) is 13.6. The van der Waals surface area contributed by atoms with Crippen molar-refractivity contribution in [1.29, 1.82) is 0 Å². The van der Waals surface area contributed by atoms with Crippen LogP contribution in [-0.4, -0.2) is 31.0 Å². The summed E-state index contributed by atoms with van der Waals surface area (Å²) in [6.45, 7) is 2.22. The molecule has 0 N–H and O–H groups in total. The largest absolute Gasteiger partial charge is 0.468 e. The van der Waals surface area contributed by atoms with E-state index < -0.39 is 0 Å². The summed E-state index contributed by atoms with van der Waals surface area (Å²) in [5, 5.41) is 0. The number of anilines is 1. The molecule has 3 rings (SSSR count). The second-order valence-electron chi connectivity index (χ2n) is 4.80. The minimum absolute atomic E-state index is 0.229. The summed E-state index contributed by atoms with van der Waals surface area (Å²) in [7, 11) is 0. The molecule has 1 unspecified atom stereocenters. The molecule has 1 saturated heterocycles. The molecule has 0 aliphatic carbocycles. The molecule has 0 bridgehead atoms. The molecule has 1 aromatic heterocycles. The van der Waals surface area contributed by atoms with E-state index in [1.54, 1.807) is 0 Å². The van der Waals surface area contributed by atoms with Gasteiger partial charge in [0.05, 0.1) is 6.10 Å². The van der Waals surface area contributed by atoms with Gasteiger partial charge in [0.25, 0.3) is 0 Å². The van der Waals surface area contributed by atoms with E-state index in [0.717, 1.165) is 25.3 Å². The van der Waals surface area contributed by atoms with Gasteiger partial charge in [-0.25, -0.2) is 0 Å². The van der Waals surface area contributed by atoms with Crippen LogP contribution in [0.1, 0.15) is 6.42 Å². The van der Waals surface area contributed by atoms with Gasteiger partial charge in [0.1, 0.15) is 5.75 Å². The number of nitrogens with zero attached hydrogens (tertiary/aromatic N) is 2. The number of rotatable bonds is 5. The highest BCUT2D eigenvalue weighted by molar-refractivity contribution is 5.45. The van der Waals surface area contributed by atoms with E-state index >= 15 is 0 Å². The van der Waals surface area contributed by atoms with E-state index in [1.807, 2.05) is 54.9 Å². The molecule has 2 heterocycles. The van der Waals surface area contributed by atoms with Gasteiger partial charge in [0.2, 0.25) is 0 Å². The Hall–Kier alpha value is -2.07. The monoisotopic (exact) mass is 270 g/mol. The Morgan fingerprint density at radius 1 is 1.10 bits per heavy atom. The fourth-order valence-electron chi connectivity index (χ4n) is 2.37. The second kappa shape index (κ2) is 6.39. The standard InChI is InChI=1S/C16H18N2O2/c1-2-4-15(5-3-1)19-13-20-16-8-11-18(12-16)14-6-9-17-10-7-14/h1-7,9-10,16H,8,11-13H2. The number of hydrogen-bond acceptors (Lipinski definition) is 4. The third kappa shape index (κ3) is 3.27. The van der Waals surface area contributed by atoms with Crippen LogP contribution in [0.5, 0.6) is 5.75 Å². The molecule has 0 saturated carbocycles. The molecule has 1 fully saturated rings. The Bertz CT molecular complexity index is 519. The summed E-state index contributed by atoms with van der Waals surface area (Å²) < 4.78 is 11.3. The molecule has 1 aliphatic heterocycles. The van der Waals surface area contributed by atoms with Crippen LogP contribution in [0.4, 0.5) is 5.69 Å². The van der Waals surface area contributed by atoms with Crippen molar-refractivity contribution >= 4 is 5.69 Å². The lowest BCUT2D eigenvalue weighted by Crippen LogP contribution is -2.23. The number of ether oxygens (including phenoxy) is 2. The summed E-state index contributed by atoms with van der Waals surface area (Å²) in [6.07, 6.45) is 4.90. The van der Waals surface area contributed by atoms with Gasteiger partial charge < -0.3 is 14.4 Å². The average molecular weight is 270 g/mol. The quantitative estimate of drug-likeness (QED) is 0.782. The first-order valence-corrected chi connectivity index (χ1v) is 6.86. The predicted octanol–water partition coefficient (Wildman–Crippen LogP) is 2.71. The number of benzene rings is 1. The van der Waals surface area contributed by atoms with Gasteiger partial charge in [-0.05, 0) is 30.7 Å². The Kier molecular flexibility index (Phi) is 4.13. The van der Waals surface area contributed by atoms with Gasteiger partial charge in [-0.1, -0.05) is 18.2 Å². The zero-order valence-electron chi connectivity index (χ0n) is 11.3.